The third-order valence-electron chi connectivity index (χ3n) is 3.85. The Kier molecular flexibility index (Phi) is 4.78. The van der Waals surface area contributed by atoms with Crippen molar-refractivity contribution in [3.8, 4) is 0 Å². The molecule has 0 radical (unpaired) electrons. The second kappa shape index (κ2) is 6.20. The summed E-state index contributed by atoms with van der Waals surface area (Å²) in [5.74, 6) is -1.36. The summed E-state index contributed by atoms with van der Waals surface area (Å²) in [6, 6.07) is 2.89. The molecule has 0 bridgehead atoms. The number of carbonyl (C=O) groups is 1. The van der Waals surface area contributed by atoms with Gasteiger partial charge >= 0.3 is 0 Å². The SMILES string of the molecule is CC1CCCC(CBr)(NC(=O)c2cc(F)cc(F)c2)C1. The Morgan fingerprint density at radius 3 is 2.60 bits per heavy atom. The maximum atomic E-state index is 13.2. The molecule has 1 aromatic rings. The quantitative estimate of drug-likeness (QED) is 0.823. The first-order chi connectivity index (χ1) is 9.44. The Morgan fingerprint density at radius 2 is 2.05 bits per heavy atom. The normalized spacial score (nSPS) is 26.3. The minimum atomic E-state index is -0.736. The topological polar surface area (TPSA) is 29.1 Å². The van der Waals surface area contributed by atoms with Gasteiger partial charge in [0.25, 0.3) is 5.91 Å². The van der Waals surface area contributed by atoms with Crippen LogP contribution in [0, 0.1) is 17.6 Å². The molecule has 1 fully saturated rings. The van der Waals surface area contributed by atoms with E-state index in [1.54, 1.807) is 0 Å². The van der Waals surface area contributed by atoms with E-state index in [4.69, 9.17) is 0 Å². The molecule has 5 heteroatoms. The number of hydrogen-bond acceptors (Lipinski definition) is 1. The fourth-order valence-corrected chi connectivity index (χ4v) is 3.58. The van der Waals surface area contributed by atoms with Crippen LogP contribution in [0.15, 0.2) is 18.2 Å². The van der Waals surface area contributed by atoms with Crippen LogP contribution in [-0.2, 0) is 0 Å². The van der Waals surface area contributed by atoms with Crippen LogP contribution in [0.5, 0.6) is 0 Å². The number of hydrogen-bond donors (Lipinski definition) is 1. The van der Waals surface area contributed by atoms with Gasteiger partial charge in [0.1, 0.15) is 11.6 Å². The maximum Gasteiger partial charge on any atom is 0.251 e. The third kappa shape index (κ3) is 3.57. The maximum absolute atomic E-state index is 13.2. The van der Waals surface area contributed by atoms with E-state index >= 15 is 0 Å². The van der Waals surface area contributed by atoms with Crippen molar-refractivity contribution in [2.24, 2.45) is 5.92 Å². The lowest BCUT2D eigenvalue weighted by Gasteiger charge is -2.39. The van der Waals surface area contributed by atoms with Gasteiger partial charge in [-0.3, -0.25) is 4.79 Å². The summed E-state index contributed by atoms with van der Waals surface area (Å²) in [6.45, 7) is 2.16. The number of benzene rings is 1. The van der Waals surface area contributed by atoms with Crippen molar-refractivity contribution in [2.45, 2.75) is 38.1 Å². The first-order valence-electron chi connectivity index (χ1n) is 6.79. The molecule has 110 valence electrons. The van der Waals surface area contributed by atoms with Gasteiger partial charge in [-0.25, -0.2) is 8.78 Å². The molecule has 0 spiro atoms. The fourth-order valence-electron chi connectivity index (χ4n) is 2.93. The van der Waals surface area contributed by atoms with Gasteiger partial charge in [0.05, 0.1) is 5.54 Å². The van der Waals surface area contributed by atoms with Crippen LogP contribution < -0.4 is 5.32 Å². The van der Waals surface area contributed by atoms with Gasteiger partial charge in [0, 0.05) is 17.0 Å². The van der Waals surface area contributed by atoms with Crippen LogP contribution in [0.4, 0.5) is 8.78 Å². The molecule has 0 aliphatic heterocycles. The number of carbonyl (C=O) groups excluding carboxylic acids is 1. The molecule has 0 heterocycles. The average Bonchev–Trinajstić information content (AvgIpc) is 2.37. The second-order valence-electron chi connectivity index (χ2n) is 5.73. The first kappa shape index (κ1) is 15.4. The molecule has 0 saturated heterocycles. The van der Waals surface area contributed by atoms with E-state index in [2.05, 4.69) is 28.2 Å². The minimum Gasteiger partial charge on any atom is -0.346 e. The summed E-state index contributed by atoms with van der Waals surface area (Å²) < 4.78 is 26.4. The van der Waals surface area contributed by atoms with Crippen molar-refractivity contribution < 1.29 is 13.6 Å². The standard InChI is InChI=1S/C15H18BrF2NO/c1-10-3-2-4-15(8-10,9-16)19-14(20)11-5-12(17)7-13(18)6-11/h5-7,10H,2-4,8-9H2,1H3,(H,19,20). The summed E-state index contributed by atoms with van der Waals surface area (Å²) in [6.07, 6.45) is 3.96. The van der Waals surface area contributed by atoms with E-state index in [0.29, 0.717) is 11.2 Å². The van der Waals surface area contributed by atoms with E-state index in [1.807, 2.05) is 0 Å². The predicted molar refractivity (Wildman–Crippen MR) is 78.0 cm³/mol. The molecular formula is C15H18BrF2NO. The molecule has 1 aliphatic carbocycles. The highest BCUT2D eigenvalue weighted by atomic mass is 79.9. The minimum absolute atomic E-state index is 0.0288. The molecule has 20 heavy (non-hydrogen) atoms. The lowest BCUT2D eigenvalue weighted by molar-refractivity contribution is 0.0868. The van der Waals surface area contributed by atoms with Crippen molar-refractivity contribution in [3.63, 3.8) is 0 Å². The van der Waals surface area contributed by atoms with Crippen LogP contribution in [0.1, 0.15) is 43.0 Å². The van der Waals surface area contributed by atoms with Gasteiger partial charge in [-0.2, -0.15) is 0 Å². The highest BCUT2D eigenvalue weighted by Crippen LogP contribution is 2.33. The van der Waals surface area contributed by atoms with Crippen molar-refractivity contribution >= 4 is 21.8 Å². The molecule has 1 amide bonds. The van der Waals surface area contributed by atoms with Crippen LogP contribution in [0.25, 0.3) is 0 Å². The first-order valence-corrected chi connectivity index (χ1v) is 7.91. The van der Waals surface area contributed by atoms with Crippen molar-refractivity contribution in [1.29, 1.82) is 0 Å². The fraction of sp³-hybridized carbons (Fsp3) is 0.533. The van der Waals surface area contributed by atoms with Crippen molar-refractivity contribution in [2.75, 3.05) is 5.33 Å². The molecular weight excluding hydrogens is 328 g/mol. The second-order valence-corrected chi connectivity index (χ2v) is 6.29. The molecule has 1 aliphatic rings. The Labute approximate surface area is 126 Å². The van der Waals surface area contributed by atoms with Crippen molar-refractivity contribution in [1.82, 2.24) is 5.32 Å². The van der Waals surface area contributed by atoms with Crippen LogP contribution >= 0.6 is 15.9 Å². The zero-order chi connectivity index (χ0) is 14.8. The smallest absolute Gasteiger partial charge is 0.251 e. The summed E-state index contributed by atoms with van der Waals surface area (Å²) >= 11 is 3.46. The lowest BCUT2D eigenvalue weighted by Crippen LogP contribution is -2.52. The van der Waals surface area contributed by atoms with Crippen LogP contribution in [0.3, 0.4) is 0 Å². The van der Waals surface area contributed by atoms with Crippen LogP contribution in [-0.4, -0.2) is 16.8 Å². The molecule has 2 unspecified atom stereocenters. The Morgan fingerprint density at radius 1 is 1.40 bits per heavy atom. The van der Waals surface area contributed by atoms with Gasteiger partial charge in [0.2, 0.25) is 0 Å². The number of nitrogens with one attached hydrogen (secondary N) is 1. The monoisotopic (exact) mass is 345 g/mol. The van der Waals surface area contributed by atoms with Gasteiger partial charge in [-0.15, -0.1) is 0 Å². The van der Waals surface area contributed by atoms with Gasteiger partial charge in [0.15, 0.2) is 0 Å². The largest absolute Gasteiger partial charge is 0.346 e. The zero-order valence-corrected chi connectivity index (χ0v) is 13.0. The average molecular weight is 346 g/mol. The van der Waals surface area contributed by atoms with E-state index in [0.717, 1.165) is 43.9 Å². The molecule has 2 atom stereocenters. The Balaban J connectivity index is 2.16. The Bertz CT molecular complexity index is 488. The third-order valence-corrected chi connectivity index (χ3v) is 4.92. The summed E-state index contributed by atoms with van der Waals surface area (Å²) in [7, 11) is 0. The molecule has 0 aromatic heterocycles. The molecule has 1 aromatic carbocycles. The van der Waals surface area contributed by atoms with Gasteiger partial charge in [-0.05, 0) is 30.9 Å². The summed E-state index contributed by atoms with van der Waals surface area (Å²) in [5.41, 5.74) is -0.293. The summed E-state index contributed by atoms with van der Waals surface area (Å²) in [5, 5.41) is 3.61. The van der Waals surface area contributed by atoms with Gasteiger partial charge < -0.3 is 5.32 Å². The van der Waals surface area contributed by atoms with E-state index in [1.165, 1.54) is 0 Å². The number of halogens is 3. The predicted octanol–water partition coefficient (Wildman–Crippen LogP) is 4.04. The number of amides is 1. The molecule has 2 rings (SSSR count). The number of rotatable bonds is 3. The van der Waals surface area contributed by atoms with Crippen LogP contribution in [0.2, 0.25) is 0 Å². The zero-order valence-electron chi connectivity index (χ0n) is 11.4. The van der Waals surface area contributed by atoms with E-state index < -0.39 is 17.5 Å². The molecule has 2 nitrogen and oxygen atoms in total. The number of alkyl halides is 1. The molecule has 1 saturated carbocycles. The lowest BCUT2D eigenvalue weighted by atomic mass is 9.77. The highest BCUT2D eigenvalue weighted by molar-refractivity contribution is 9.09. The van der Waals surface area contributed by atoms with Gasteiger partial charge in [-0.1, -0.05) is 35.7 Å². The van der Waals surface area contributed by atoms with E-state index in [9.17, 15) is 13.6 Å². The van der Waals surface area contributed by atoms with E-state index in [-0.39, 0.29) is 11.1 Å². The van der Waals surface area contributed by atoms with Crippen molar-refractivity contribution in [3.05, 3.63) is 35.4 Å². The summed E-state index contributed by atoms with van der Waals surface area (Å²) in [4.78, 5) is 12.2. The Hall–Kier alpha value is -0.970. The molecule has 1 N–H and O–H groups in total. The highest BCUT2D eigenvalue weighted by Gasteiger charge is 2.35.